The van der Waals surface area contributed by atoms with E-state index in [1.54, 1.807) is 24.3 Å². The molecule has 0 radical (unpaired) electrons. The molecule has 0 aliphatic carbocycles. The van der Waals surface area contributed by atoms with Crippen molar-refractivity contribution in [2.45, 2.75) is 12.8 Å². The summed E-state index contributed by atoms with van der Waals surface area (Å²) >= 11 is 0. The molecule has 0 bridgehead atoms. The quantitative estimate of drug-likeness (QED) is 0.199. The zero-order chi connectivity index (χ0) is 26.4. The van der Waals surface area contributed by atoms with E-state index in [-0.39, 0.29) is 18.4 Å². The summed E-state index contributed by atoms with van der Waals surface area (Å²) in [7, 11) is 0. The second-order valence-electron chi connectivity index (χ2n) is 8.55. The fourth-order valence-corrected chi connectivity index (χ4v) is 3.69. The number of ether oxygens (including phenoxy) is 2. The van der Waals surface area contributed by atoms with Gasteiger partial charge in [-0.15, -0.1) is 0 Å². The molecule has 0 aliphatic rings. The molecule has 38 heavy (non-hydrogen) atoms. The number of hydrogen-bond donors (Lipinski definition) is 3. The molecule has 3 N–H and O–H groups in total. The zero-order valence-corrected chi connectivity index (χ0v) is 21.1. The highest BCUT2D eigenvalue weighted by molar-refractivity contribution is 5.95. The molecule has 0 unspecified atom stereocenters. The monoisotopic (exact) mass is 509 g/mol. The van der Waals surface area contributed by atoms with Gasteiger partial charge in [0, 0.05) is 23.5 Å². The Morgan fingerprint density at radius 3 is 1.82 bits per heavy atom. The molecule has 0 saturated carbocycles. The van der Waals surface area contributed by atoms with Crippen LogP contribution in [0.3, 0.4) is 0 Å². The lowest BCUT2D eigenvalue weighted by molar-refractivity contribution is -0.116. The smallest absolute Gasteiger partial charge is 0.243 e. The summed E-state index contributed by atoms with van der Waals surface area (Å²) in [6.07, 6.45) is 1.06. The number of benzene rings is 4. The van der Waals surface area contributed by atoms with E-state index in [0.717, 1.165) is 22.7 Å². The average molecular weight is 510 g/mol. The lowest BCUT2D eigenvalue weighted by Gasteiger charge is -2.11. The van der Waals surface area contributed by atoms with Crippen molar-refractivity contribution in [2.24, 2.45) is 0 Å². The van der Waals surface area contributed by atoms with Crippen LogP contribution < -0.4 is 25.4 Å². The molecule has 4 aromatic carbocycles. The molecular weight excluding hydrogens is 478 g/mol. The van der Waals surface area contributed by atoms with Crippen LogP contribution in [0.1, 0.15) is 12.0 Å². The number of nitrogens with one attached hydrogen (secondary N) is 3. The topological polar surface area (TPSA) is 88.7 Å². The number of rotatable bonds is 13. The van der Waals surface area contributed by atoms with Gasteiger partial charge in [0.1, 0.15) is 24.7 Å². The van der Waals surface area contributed by atoms with Crippen LogP contribution in [0.4, 0.5) is 17.1 Å². The maximum atomic E-state index is 12.4. The van der Waals surface area contributed by atoms with Crippen LogP contribution in [0.25, 0.3) is 0 Å². The zero-order valence-electron chi connectivity index (χ0n) is 21.1. The standard InChI is InChI=1S/C31H31N3O4/c35-30(19-14-24-8-3-1-4-9-24)33-26-10-7-11-27(22-26)34-31(36)23-32-25-15-17-29(18-16-25)38-21-20-37-28-12-5-2-6-13-28/h1-13,15-18,22,32H,14,19-21,23H2,(H,33,35)(H,34,36). The maximum Gasteiger partial charge on any atom is 0.243 e. The highest BCUT2D eigenvalue weighted by Gasteiger charge is 2.07. The average Bonchev–Trinajstić information content (AvgIpc) is 2.95. The molecule has 4 aromatic rings. The van der Waals surface area contributed by atoms with Crippen molar-refractivity contribution in [1.29, 1.82) is 0 Å². The van der Waals surface area contributed by atoms with E-state index in [4.69, 9.17) is 9.47 Å². The van der Waals surface area contributed by atoms with Crippen LogP contribution in [-0.2, 0) is 16.0 Å². The van der Waals surface area contributed by atoms with Gasteiger partial charge >= 0.3 is 0 Å². The van der Waals surface area contributed by atoms with E-state index < -0.39 is 0 Å². The molecule has 0 aromatic heterocycles. The Morgan fingerprint density at radius 2 is 1.16 bits per heavy atom. The van der Waals surface area contributed by atoms with Gasteiger partial charge in [0.2, 0.25) is 11.8 Å². The summed E-state index contributed by atoms with van der Waals surface area (Å²) in [5, 5.41) is 8.84. The summed E-state index contributed by atoms with van der Waals surface area (Å²) in [6, 6.07) is 34.0. The van der Waals surface area contributed by atoms with E-state index in [0.29, 0.717) is 37.4 Å². The van der Waals surface area contributed by atoms with Gasteiger partial charge in [-0.05, 0) is 66.6 Å². The van der Waals surface area contributed by atoms with Crippen molar-refractivity contribution < 1.29 is 19.1 Å². The van der Waals surface area contributed by atoms with Crippen LogP contribution in [0.2, 0.25) is 0 Å². The Balaban J connectivity index is 1.15. The van der Waals surface area contributed by atoms with Crippen LogP contribution >= 0.6 is 0 Å². The highest BCUT2D eigenvalue weighted by Crippen LogP contribution is 2.18. The maximum absolute atomic E-state index is 12.4. The van der Waals surface area contributed by atoms with E-state index in [1.165, 1.54) is 0 Å². The predicted octanol–water partition coefficient (Wildman–Crippen LogP) is 5.77. The Hall–Kier alpha value is -4.78. The normalized spacial score (nSPS) is 10.3. The number of para-hydroxylation sites is 1. The summed E-state index contributed by atoms with van der Waals surface area (Å²) in [4.78, 5) is 24.7. The Bertz CT molecular complexity index is 1300. The van der Waals surface area contributed by atoms with E-state index >= 15 is 0 Å². The number of aryl methyl sites for hydroxylation is 1. The van der Waals surface area contributed by atoms with Crippen LogP contribution in [0, 0.1) is 0 Å². The van der Waals surface area contributed by atoms with Gasteiger partial charge < -0.3 is 25.4 Å². The number of carbonyl (C=O) groups excluding carboxylic acids is 2. The van der Waals surface area contributed by atoms with Crippen molar-refractivity contribution in [3.63, 3.8) is 0 Å². The molecule has 2 amide bonds. The third-order valence-electron chi connectivity index (χ3n) is 5.59. The lowest BCUT2D eigenvalue weighted by atomic mass is 10.1. The minimum absolute atomic E-state index is 0.0739. The van der Waals surface area contributed by atoms with Gasteiger partial charge in [-0.25, -0.2) is 0 Å². The van der Waals surface area contributed by atoms with Gasteiger partial charge in [-0.1, -0.05) is 54.6 Å². The van der Waals surface area contributed by atoms with Crippen molar-refractivity contribution in [2.75, 3.05) is 35.7 Å². The molecular formula is C31H31N3O4. The first-order valence-corrected chi connectivity index (χ1v) is 12.5. The van der Waals surface area contributed by atoms with E-state index in [2.05, 4.69) is 16.0 Å². The molecule has 4 rings (SSSR count). The van der Waals surface area contributed by atoms with E-state index in [1.807, 2.05) is 84.9 Å². The number of anilines is 3. The molecule has 7 nitrogen and oxygen atoms in total. The van der Waals surface area contributed by atoms with Gasteiger partial charge in [-0.2, -0.15) is 0 Å². The van der Waals surface area contributed by atoms with Crippen molar-refractivity contribution >= 4 is 28.9 Å². The van der Waals surface area contributed by atoms with Crippen LogP contribution in [-0.4, -0.2) is 31.6 Å². The second-order valence-corrected chi connectivity index (χ2v) is 8.55. The van der Waals surface area contributed by atoms with Gasteiger partial charge in [-0.3, -0.25) is 9.59 Å². The van der Waals surface area contributed by atoms with Crippen molar-refractivity contribution in [1.82, 2.24) is 0 Å². The molecule has 0 fully saturated rings. The third kappa shape index (κ3) is 9.02. The number of amides is 2. The first-order chi connectivity index (χ1) is 18.6. The summed E-state index contributed by atoms with van der Waals surface area (Å²) in [5.74, 6) is 1.26. The Kier molecular flexibility index (Phi) is 9.74. The molecule has 0 heterocycles. The minimum Gasteiger partial charge on any atom is -0.490 e. The largest absolute Gasteiger partial charge is 0.490 e. The van der Waals surface area contributed by atoms with Crippen molar-refractivity contribution in [3.05, 3.63) is 115 Å². The SMILES string of the molecule is O=C(CCc1ccccc1)Nc1cccc(NC(=O)CNc2ccc(OCCOc3ccccc3)cc2)c1. The first-order valence-electron chi connectivity index (χ1n) is 12.5. The molecule has 194 valence electrons. The fourth-order valence-electron chi connectivity index (χ4n) is 3.69. The van der Waals surface area contributed by atoms with Gasteiger partial charge in [0.05, 0.1) is 6.54 Å². The minimum atomic E-state index is -0.198. The second kappa shape index (κ2) is 14.1. The van der Waals surface area contributed by atoms with Gasteiger partial charge in [0.15, 0.2) is 0 Å². The fraction of sp³-hybridized carbons (Fsp3) is 0.161. The number of carbonyl (C=O) groups is 2. The Labute approximate surface area is 222 Å². The first kappa shape index (κ1) is 26.3. The molecule has 0 spiro atoms. The summed E-state index contributed by atoms with van der Waals surface area (Å²) in [5.41, 5.74) is 3.16. The molecule has 0 saturated heterocycles. The third-order valence-corrected chi connectivity index (χ3v) is 5.59. The number of hydrogen-bond acceptors (Lipinski definition) is 5. The van der Waals surface area contributed by atoms with E-state index in [9.17, 15) is 9.59 Å². The molecule has 7 heteroatoms. The van der Waals surface area contributed by atoms with Crippen LogP contribution in [0.15, 0.2) is 109 Å². The van der Waals surface area contributed by atoms with Crippen LogP contribution in [0.5, 0.6) is 11.5 Å². The summed E-state index contributed by atoms with van der Waals surface area (Å²) < 4.78 is 11.3. The van der Waals surface area contributed by atoms with Crippen molar-refractivity contribution in [3.8, 4) is 11.5 Å². The summed E-state index contributed by atoms with van der Waals surface area (Å²) in [6.45, 7) is 0.970. The Morgan fingerprint density at radius 1 is 0.579 bits per heavy atom. The molecule has 0 atom stereocenters. The van der Waals surface area contributed by atoms with Gasteiger partial charge in [0.25, 0.3) is 0 Å². The highest BCUT2D eigenvalue weighted by atomic mass is 16.5. The molecule has 0 aliphatic heterocycles. The lowest BCUT2D eigenvalue weighted by Crippen LogP contribution is -2.21. The predicted molar refractivity (Wildman–Crippen MR) is 151 cm³/mol.